The van der Waals surface area contributed by atoms with Crippen molar-refractivity contribution in [3.8, 4) is 0 Å². The van der Waals surface area contributed by atoms with Crippen molar-refractivity contribution in [2.75, 3.05) is 0 Å². The van der Waals surface area contributed by atoms with Crippen LogP contribution in [0.5, 0.6) is 0 Å². The molecule has 0 aromatic carbocycles. The SMILES string of the molecule is CC(C=O)=C1CCCCCC1. The fraction of sp³-hybridized carbons (Fsp3) is 0.700. The number of hydrogen-bond donors (Lipinski definition) is 0. The molecule has 0 aromatic rings. The summed E-state index contributed by atoms with van der Waals surface area (Å²) < 4.78 is 0. The Hall–Kier alpha value is -0.590. The summed E-state index contributed by atoms with van der Waals surface area (Å²) in [6.45, 7) is 1.94. The Kier molecular flexibility index (Phi) is 3.34. The van der Waals surface area contributed by atoms with Crippen LogP contribution in [0, 0.1) is 0 Å². The van der Waals surface area contributed by atoms with Gasteiger partial charge in [0.15, 0.2) is 0 Å². The lowest BCUT2D eigenvalue weighted by Gasteiger charge is -2.02. The molecule has 1 fully saturated rings. The first-order valence-electron chi connectivity index (χ1n) is 4.48. The topological polar surface area (TPSA) is 17.1 Å². The minimum absolute atomic E-state index is 0.979. The Balaban J connectivity index is 2.61. The Bertz CT molecular complexity index is 158. The molecule has 0 aromatic heterocycles. The molecule has 0 spiro atoms. The standard InChI is InChI=1S/C10H16O/c1-9(8-11)10-6-4-2-3-5-7-10/h8H,2-7H2,1H3. The van der Waals surface area contributed by atoms with Crippen LogP contribution in [-0.4, -0.2) is 6.29 Å². The van der Waals surface area contributed by atoms with Crippen molar-refractivity contribution in [1.29, 1.82) is 0 Å². The van der Waals surface area contributed by atoms with Gasteiger partial charge in [-0.25, -0.2) is 0 Å². The van der Waals surface area contributed by atoms with Crippen molar-refractivity contribution < 1.29 is 4.79 Å². The van der Waals surface area contributed by atoms with E-state index in [0.29, 0.717) is 0 Å². The van der Waals surface area contributed by atoms with E-state index in [1.54, 1.807) is 0 Å². The van der Waals surface area contributed by atoms with E-state index in [-0.39, 0.29) is 0 Å². The molecular formula is C10H16O. The molecule has 1 aliphatic rings. The third kappa shape index (κ3) is 2.49. The lowest BCUT2D eigenvalue weighted by atomic mass is 10.0. The average molecular weight is 152 g/mol. The Morgan fingerprint density at radius 1 is 1.18 bits per heavy atom. The zero-order chi connectivity index (χ0) is 8.10. The molecule has 0 amide bonds. The predicted molar refractivity (Wildman–Crippen MR) is 46.5 cm³/mol. The molecule has 0 N–H and O–H groups in total. The van der Waals surface area contributed by atoms with Crippen molar-refractivity contribution in [2.24, 2.45) is 0 Å². The third-order valence-electron chi connectivity index (χ3n) is 2.44. The Morgan fingerprint density at radius 3 is 2.18 bits per heavy atom. The number of allylic oxidation sites excluding steroid dienone is 2. The van der Waals surface area contributed by atoms with Gasteiger partial charge in [0, 0.05) is 0 Å². The molecule has 0 heterocycles. The summed E-state index contributed by atoms with van der Waals surface area (Å²) in [5.74, 6) is 0. The van der Waals surface area contributed by atoms with Gasteiger partial charge in [0.1, 0.15) is 6.29 Å². The maximum atomic E-state index is 10.5. The van der Waals surface area contributed by atoms with Crippen molar-refractivity contribution in [2.45, 2.75) is 45.4 Å². The fourth-order valence-corrected chi connectivity index (χ4v) is 1.63. The summed E-state index contributed by atoms with van der Waals surface area (Å²) in [4.78, 5) is 10.5. The van der Waals surface area contributed by atoms with Gasteiger partial charge in [-0.2, -0.15) is 0 Å². The molecule has 1 saturated carbocycles. The maximum Gasteiger partial charge on any atom is 0.145 e. The van der Waals surface area contributed by atoms with Crippen molar-refractivity contribution in [3.05, 3.63) is 11.1 Å². The minimum Gasteiger partial charge on any atom is -0.298 e. The molecule has 0 saturated heterocycles. The number of aldehydes is 1. The Morgan fingerprint density at radius 2 is 1.73 bits per heavy atom. The van der Waals surface area contributed by atoms with Crippen molar-refractivity contribution in [1.82, 2.24) is 0 Å². The van der Waals surface area contributed by atoms with Crippen LogP contribution < -0.4 is 0 Å². The van der Waals surface area contributed by atoms with E-state index in [1.807, 2.05) is 6.92 Å². The van der Waals surface area contributed by atoms with Crippen molar-refractivity contribution >= 4 is 6.29 Å². The van der Waals surface area contributed by atoms with Gasteiger partial charge >= 0.3 is 0 Å². The fourth-order valence-electron chi connectivity index (χ4n) is 1.63. The summed E-state index contributed by atoms with van der Waals surface area (Å²) in [7, 11) is 0. The van der Waals surface area contributed by atoms with Crippen LogP contribution in [0.4, 0.5) is 0 Å². The quantitative estimate of drug-likeness (QED) is 0.321. The van der Waals surface area contributed by atoms with Crippen LogP contribution in [0.2, 0.25) is 0 Å². The zero-order valence-electron chi connectivity index (χ0n) is 7.23. The number of rotatable bonds is 1. The average Bonchev–Trinajstić information content (AvgIpc) is 2.30. The second-order valence-electron chi connectivity index (χ2n) is 3.32. The smallest absolute Gasteiger partial charge is 0.145 e. The van der Waals surface area contributed by atoms with E-state index in [2.05, 4.69) is 0 Å². The minimum atomic E-state index is 0.979. The molecule has 0 aliphatic heterocycles. The molecule has 1 heteroatoms. The van der Waals surface area contributed by atoms with Gasteiger partial charge in [0.25, 0.3) is 0 Å². The number of hydrogen-bond acceptors (Lipinski definition) is 1. The zero-order valence-corrected chi connectivity index (χ0v) is 7.23. The summed E-state index contributed by atoms with van der Waals surface area (Å²) in [5.41, 5.74) is 2.38. The van der Waals surface area contributed by atoms with Crippen molar-refractivity contribution in [3.63, 3.8) is 0 Å². The molecule has 1 aliphatic carbocycles. The van der Waals surface area contributed by atoms with Gasteiger partial charge in [-0.1, -0.05) is 18.4 Å². The Labute approximate surface area is 68.5 Å². The van der Waals surface area contributed by atoms with Gasteiger partial charge < -0.3 is 0 Å². The first-order chi connectivity index (χ1) is 5.34. The van der Waals surface area contributed by atoms with E-state index < -0.39 is 0 Å². The summed E-state index contributed by atoms with van der Waals surface area (Å²) in [5, 5.41) is 0. The normalized spacial score (nSPS) is 19.2. The second kappa shape index (κ2) is 4.32. The highest BCUT2D eigenvalue weighted by Gasteiger charge is 2.06. The van der Waals surface area contributed by atoms with E-state index in [1.165, 1.54) is 31.3 Å². The molecule has 0 atom stereocenters. The summed E-state index contributed by atoms with van der Waals surface area (Å²) >= 11 is 0. The summed E-state index contributed by atoms with van der Waals surface area (Å²) in [6, 6.07) is 0. The largest absolute Gasteiger partial charge is 0.298 e. The van der Waals surface area contributed by atoms with Crippen LogP contribution in [0.25, 0.3) is 0 Å². The van der Waals surface area contributed by atoms with Crippen LogP contribution in [0.3, 0.4) is 0 Å². The van der Waals surface area contributed by atoms with Gasteiger partial charge in [0.05, 0.1) is 0 Å². The van der Waals surface area contributed by atoms with Crippen LogP contribution in [-0.2, 0) is 4.79 Å². The van der Waals surface area contributed by atoms with Gasteiger partial charge in [0.2, 0.25) is 0 Å². The molecule has 11 heavy (non-hydrogen) atoms. The summed E-state index contributed by atoms with van der Waals surface area (Å²) in [6.07, 6.45) is 8.56. The highest BCUT2D eigenvalue weighted by Crippen LogP contribution is 2.23. The van der Waals surface area contributed by atoms with Crippen LogP contribution in [0.1, 0.15) is 45.4 Å². The highest BCUT2D eigenvalue weighted by molar-refractivity contribution is 5.73. The van der Waals surface area contributed by atoms with Gasteiger partial charge in [-0.05, 0) is 38.2 Å². The van der Waals surface area contributed by atoms with E-state index in [9.17, 15) is 4.79 Å². The van der Waals surface area contributed by atoms with Gasteiger partial charge in [-0.15, -0.1) is 0 Å². The maximum absolute atomic E-state index is 10.5. The lowest BCUT2D eigenvalue weighted by Crippen LogP contribution is -1.88. The first-order valence-corrected chi connectivity index (χ1v) is 4.48. The molecule has 1 rings (SSSR count). The second-order valence-corrected chi connectivity index (χ2v) is 3.32. The first kappa shape index (κ1) is 8.51. The number of carbonyl (C=O) groups excluding carboxylic acids is 1. The third-order valence-corrected chi connectivity index (χ3v) is 2.44. The molecule has 0 radical (unpaired) electrons. The van der Waals surface area contributed by atoms with E-state index in [0.717, 1.165) is 24.7 Å². The molecule has 62 valence electrons. The molecule has 0 bridgehead atoms. The lowest BCUT2D eigenvalue weighted by molar-refractivity contribution is -0.104. The van der Waals surface area contributed by atoms with E-state index in [4.69, 9.17) is 0 Å². The molecule has 1 nitrogen and oxygen atoms in total. The highest BCUT2D eigenvalue weighted by atomic mass is 16.1. The van der Waals surface area contributed by atoms with Crippen LogP contribution in [0.15, 0.2) is 11.1 Å². The number of carbonyl (C=O) groups is 1. The monoisotopic (exact) mass is 152 g/mol. The van der Waals surface area contributed by atoms with Crippen LogP contribution >= 0.6 is 0 Å². The molecular weight excluding hydrogens is 136 g/mol. The molecule has 0 unspecified atom stereocenters. The van der Waals surface area contributed by atoms with E-state index >= 15 is 0 Å². The van der Waals surface area contributed by atoms with Gasteiger partial charge in [-0.3, -0.25) is 4.79 Å². The predicted octanol–water partition coefficient (Wildman–Crippen LogP) is 2.86.